The Hall–Kier alpha value is -1.83. The van der Waals surface area contributed by atoms with Crippen LogP contribution in [0.3, 0.4) is 0 Å². The summed E-state index contributed by atoms with van der Waals surface area (Å²) in [4.78, 5) is 10.8. The first-order valence-corrected chi connectivity index (χ1v) is 6.32. The van der Waals surface area contributed by atoms with E-state index in [1.54, 1.807) is 18.2 Å². The minimum absolute atomic E-state index is 0.328. The van der Waals surface area contributed by atoms with Crippen molar-refractivity contribution in [3.63, 3.8) is 0 Å². The number of carboxylic acids is 1. The fourth-order valence-electron chi connectivity index (χ4n) is 1.20. The maximum absolute atomic E-state index is 10.8. The van der Waals surface area contributed by atoms with Crippen LogP contribution in [0.1, 0.15) is 33.1 Å². The quantitative estimate of drug-likeness (QED) is 0.508. The third-order valence-electron chi connectivity index (χ3n) is 2.09. The Morgan fingerprint density at radius 1 is 1.00 bits per heavy atom. The molecule has 0 saturated carbocycles. The molecule has 0 aromatic rings. The van der Waals surface area contributed by atoms with E-state index in [0.717, 1.165) is 19.3 Å². The van der Waals surface area contributed by atoms with E-state index < -0.39 is 5.97 Å². The van der Waals surface area contributed by atoms with E-state index >= 15 is 0 Å². The van der Waals surface area contributed by atoms with Crippen LogP contribution in [0.15, 0.2) is 60.3 Å². The summed E-state index contributed by atoms with van der Waals surface area (Å²) in [5.41, 5.74) is 0.328. The van der Waals surface area contributed by atoms with Crippen LogP contribution in [0.5, 0.6) is 0 Å². The van der Waals surface area contributed by atoms with Gasteiger partial charge in [-0.3, -0.25) is 0 Å². The molecule has 0 atom stereocenters. The Kier molecular flexibility index (Phi) is 10.5. The Balaban J connectivity index is 4.14. The van der Waals surface area contributed by atoms with E-state index in [0.29, 0.717) is 5.57 Å². The number of hydrogen-bond donors (Lipinski definition) is 1. The van der Waals surface area contributed by atoms with Crippen LogP contribution in [0, 0.1) is 0 Å². The molecule has 1 N–H and O–H groups in total. The van der Waals surface area contributed by atoms with Gasteiger partial charge in [0.1, 0.15) is 0 Å². The molecule has 0 aromatic heterocycles. The van der Waals surface area contributed by atoms with Gasteiger partial charge in [-0.15, -0.1) is 0 Å². The summed E-state index contributed by atoms with van der Waals surface area (Å²) in [7, 11) is 0. The number of rotatable bonds is 8. The molecule has 0 radical (unpaired) electrons. The number of carbonyl (C=O) groups is 1. The van der Waals surface area contributed by atoms with Crippen molar-refractivity contribution in [1.82, 2.24) is 0 Å². The summed E-state index contributed by atoms with van der Waals surface area (Å²) in [5.74, 6) is -0.889. The van der Waals surface area contributed by atoms with Crippen LogP contribution in [-0.2, 0) is 4.79 Å². The van der Waals surface area contributed by atoms with Gasteiger partial charge in [0.25, 0.3) is 0 Å². The zero-order valence-electron chi connectivity index (χ0n) is 11.2. The molecule has 2 nitrogen and oxygen atoms in total. The lowest BCUT2D eigenvalue weighted by molar-refractivity contribution is -0.132. The largest absolute Gasteiger partial charge is 0.478 e. The predicted molar refractivity (Wildman–Crippen MR) is 77.5 cm³/mol. The highest BCUT2D eigenvalue weighted by Gasteiger charge is 1.99. The molecule has 98 valence electrons. The van der Waals surface area contributed by atoms with E-state index in [1.807, 2.05) is 37.3 Å². The standard InChI is InChI=1S/C16H22O2/c1-3-5-6-7-8-9-10-11-12-14-15(13-4-2)16(17)18/h6-14H,3-5H2,1-2H3,(H,17,18)/b7-6+,9-8+,11-10+,14-12+,15-13-. The molecule has 2 heteroatoms. The minimum atomic E-state index is -0.889. The van der Waals surface area contributed by atoms with Gasteiger partial charge in [-0.25, -0.2) is 4.79 Å². The highest BCUT2D eigenvalue weighted by atomic mass is 16.4. The molecular formula is C16H22O2. The lowest BCUT2D eigenvalue weighted by Gasteiger charge is -1.91. The van der Waals surface area contributed by atoms with Crippen LogP contribution in [-0.4, -0.2) is 11.1 Å². The number of hydrogen-bond acceptors (Lipinski definition) is 1. The Morgan fingerprint density at radius 3 is 2.17 bits per heavy atom. The highest BCUT2D eigenvalue weighted by molar-refractivity contribution is 5.89. The van der Waals surface area contributed by atoms with E-state index in [1.165, 1.54) is 0 Å². The van der Waals surface area contributed by atoms with Crippen molar-refractivity contribution in [1.29, 1.82) is 0 Å². The van der Waals surface area contributed by atoms with Crippen LogP contribution >= 0.6 is 0 Å². The first-order chi connectivity index (χ1) is 8.72. The van der Waals surface area contributed by atoms with Crippen molar-refractivity contribution in [2.75, 3.05) is 0 Å². The van der Waals surface area contributed by atoms with Gasteiger partial charge in [0.2, 0.25) is 0 Å². The van der Waals surface area contributed by atoms with E-state index in [2.05, 4.69) is 13.0 Å². The fourth-order valence-corrected chi connectivity index (χ4v) is 1.20. The van der Waals surface area contributed by atoms with Gasteiger partial charge in [0, 0.05) is 0 Å². The summed E-state index contributed by atoms with van der Waals surface area (Å²) < 4.78 is 0. The molecule has 18 heavy (non-hydrogen) atoms. The molecule has 0 saturated heterocycles. The smallest absolute Gasteiger partial charge is 0.335 e. The Bertz CT molecular complexity index is 369. The van der Waals surface area contributed by atoms with Crippen molar-refractivity contribution in [3.8, 4) is 0 Å². The SMILES string of the molecule is CC/C=C(/C=C/C=C/C=C/C=C/CCC)C(=O)O. The van der Waals surface area contributed by atoms with Gasteiger partial charge in [-0.05, 0) is 18.9 Å². The molecule has 0 aromatic carbocycles. The minimum Gasteiger partial charge on any atom is -0.478 e. The number of allylic oxidation sites excluding steroid dienone is 8. The van der Waals surface area contributed by atoms with E-state index in [-0.39, 0.29) is 0 Å². The molecule has 0 aliphatic carbocycles. The van der Waals surface area contributed by atoms with Gasteiger partial charge in [-0.2, -0.15) is 0 Å². The lowest BCUT2D eigenvalue weighted by atomic mass is 10.2. The highest BCUT2D eigenvalue weighted by Crippen LogP contribution is 1.99. The van der Waals surface area contributed by atoms with Crippen molar-refractivity contribution in [3.05, 3.63) is 60.3 Å². The zero-order valence-corrected chi connectivity index (χ0v) is 11.2. The maximum atomic E-state index is 10.8. The third kappa shape index (κ3) is 9.40. The summed E-state index contributed by atoms with van der Waals surface area (Å²) in [6.07, 6.45) is 19.7. The molecule has 0 aliphatic rings. The summed E-state index contributed by atoms with van der Waals surface area (Å²) >= 11 is 0. The molecule has 0 unspecified atom stereocenters. The molecule has 0 bridgehead atoms. The molecule has 0 rings (SSSR count). The average molecular weight is 246 g/mol. The van der Waals surface area contributed by atoms with Crippen molar-refractivity contribution >= 4 is 5.97 Å². The van der Waals surface area contributed by atoms with Crippen LogP contribution in [0.25, 0.3) is 0 Å². The van der Waals surface area contributed by atoms with Crippen LogP contribution < -0.4 is 0 Å². The van der Waals surface area contributed by atoms with Gasteiger partial charge in [0.15, 0.2) is 0 Å². The normalized spacial score (nSPS) is 13.6. The van der Waals surface area contributed by atoms with Gasteiger partial charge in [-0.1, -0.05) is 68.9 Å². The summed E-state index contributed by atoms with van der Waals surface area (Å²) in [6.45, 7) is 4.06. The Morgan fingerprint density at radius 2 is 1.61 bits per heavy atom. The number of unbranched alkanes of at least 4 members (excludes halogenated alkanes) is 1. The third-order valence-corrected chi connectivity index (χ3v) is 2.09. The molecule has 0 spiro atoms. The second-order valence-corrected chi connectivity index (χ2v) is 3.72. The van der Waals surface area contributed by atoms with Gasteiger partial charge < -0.3 is 5.11 Å². The van der Waals surface area contributed by atoms with E-state index in [4.69, 9.17) is 5.11 Å². The first-order valence-electron chi connectivity index (χ1n) is 6.32. The zero-order chi connectivity index (χ0) is 13.6. The fraction of sp³-hybridized carbons (Fsp3) is 0.312. The lowest BCUT2D eigenvalue weighted by Crippen LogP contribution is -1.96. The number of carboxylic acid groups (broad SMARTS) is 1. The second kappa shape index (κ2) is 11.6. The summed E-state index contributed by atoms with van der Waals surface area (Å²) in [6, 6.07) is 0. The van der Waals surface area contributed by atoms with E-state index in [9.17, 15) is 4.79 Å². The van der Waals surface area contributed by atoms with Crippen LogP contribution in [0.2, 0.25) is 0 Å². The molecule has 0 heterocycles. The molecule has 0 aliphatic heterocycles. The van der Waals surface area contributed by atoms with Gasteiger partial charge in [0.05, 0.1) is 5.57 Å². The van der Waals surface area contributed by atoms with Crippen molar-refractivity contribution in [2.45, 2.75) is 33.1 Å². The molecular weight excluding hydrogens is 224 g/mol. The molecule has 0 amide bonds. The number of aliphatic carboxylic acids is 1. The maximum Gasteiger partial charge on any atom is 0.335 e. The van der Waals surface area contributed by atoms with Crippen LogP contribution in [0.4, 0.5) is 0 Å². The second-order valence-electron chi connectivity index (χ2n) is 3.72. The molecule has 0 fully saturated rings. The van der Waals surface area contributed by atoms with Crippen molar-refractivity contribution < 1.29 is 9.90 Å². The average Bonchev–Trinajstić information content (AvgIpc) is 2.35. The topological polar surface area (TPSA) is 37.3 Å². The summed E-state index contributed by atoms with van der Waals surface area (Å²) in [5, 5.41) is 8.86. The monoisotopic (exact) mass is 246 g/mol. The van der Waals surface area contributed by atoms with Crippen molar-refractivity contribution in [2.24, 2.45) is 0 Å². The first kappa shape index (κ1) is 16.2. The van der Waals surface area contributed by atoms with Gasteiger partial charge >= 0.3 is 5.97 Å². The predicted octanol–water partition coefficient (Wildman–Crippen LogP) is 4.43. The Labute approximate surface area is 110 Å².